The number of carbonyl (C=O) groups excluding carboxylic acids is 1. The second kappa shape index (κ2) is 6.96. The van der Waals surface area contributed by atoms with E-state index in [1.54, 1.807) is 11.0 Å². The lowest BCUT2D eigenvalue weighted by atomic mass is 10.3. The van der Waals surface area contributed by atoms with Crippen molar-refractivity contribution in [2.45, 2.75) is 17.9 Å². The fourth-order valence-electron chi connectivity index (χ4n) is 2.60. The number of carbonyl (C=O) groups is 1. The first-order valence-corrected chi connectivity index (χ1v) is 9.24. The zero-order valence-electron chi connectivity index (χ0n) is 13.4. The van der Waals surface area contributed by atoms with Gasteiger partial charge in [-0.3, -0.25) is 4.79 Å². The number of morpholine rings is 1. The maximum Gasteiger partial charge on any atom is 0.241 e. The molecule has 3 rings (SSSR count). The van der Waals surface area contributed by atoms with Crippen LogP contribution in [0.25, 0.3) is 0 Å². The van der Waals surface area contributed by atoms with Crippen molar-refractivity contribution in [1.82, 2.24) is 9.62 Å². The van der Waals surface area contributed by atoms with E-state index in [4.69, 9.17) is 14.2 Å². The van der Waals surface area contributed by atoms with Crippen LogP contribution in [0, 0.1) is 0 Å². The van der Waals surface area contributed by atoms with Gasteiger partial charge in [0.1, 0.15) is 13.2 Å². The van der Waals surface area contributed by atoms with Crippen molar-refractivity contribution >= 4 is 15.9 Å². The molecule has 8 nitrogen and oxygen atoms in total. The van der Waals surface area contributed by atoms with Gasteiger partial charge in [-0.15, -0.1) is 0 Å². The number of nitrogens with one attached hydrogen (secondary N) is 1. The minimum atomic E-state index is -3.84. The van der Waals surface area contributed by atoms with Crippen LogP contribution in [0.15, 0.2) is 23.1 Å². The summed E-state index contributed by atoms with van der Waals surface area (Å²) in [5.41, 5.74) is 0. The van der Waals surface area contributed by atoms with Gasteiger partial charge in [0.2, 0.25) is 15.9 Å². The minimum absolute atomic E-state index is 0.0355. The van der Waals surface area contributed by atoms with Crippen molar-refractivity contribution in [3.63, 3.8) is 0 Å². The quantitative estimate of drug-likeness (QED) is 0.815. The Labute approximate surface area is 140 Å². The monoisotopic (exact) mass is 356 g/mol. The van der Waals surface area contributed by atoms with Crippen LogP contribution in [-0.4, -0.2) is 64.8 Å². The number of hydrogen-bond acceptors (Lipinski definition) is 6. The highest BCUT2D eigenvalue weighted by atomic mass is 32.2. The van der Waals surface area contributed by atoms with E-state index < -0.39 is 16.1 Å². The molecular formula is C15H20N2O6S. The number of nitrogens with zero attached hydrogens (tertiary/aromatic N) is 1. The van der Waals surface area contributed by atoms with Gasteiger partial charge in [-0.25, -0.2) is 8.42 Å². The van der Waals surface area contributed by atoms with Gasteiger partial charge >= 0.3 is 0 Å². The van der Waals surface area contributed by atoms with Crippen LogP contribution in [0.1, 0.15) is 6.92 Å². The minimum Gasteiger partial charge on any atom is -0.486 e. The molecule has 2 aliphatic rings. The van der Waals surface area contributed by atoms with Crippen LogP contribution in [-0.2, 0) is 19.6 Å². The molecule has 0 bridgehead atoms. The first kappa shape index (κ1) is 17.0. The number of sulfonamides is 1. The van der Waals surface area contributed by atoms with Gasteiger partial charge in [0.15, 0.2) is 11.5 Å². The molecule has 0 unspecified atom stereocenters. The predicted molar refractivity (Wildman–Crippen MR) is 84.6 cm³/mol. The standard InChI is InChI=1S/C15H20N2O6S/c1-11(15(18)17-4-6-21-7-5-17)16-24(19,20)12-2-3-13-14(10-12)23-9-8-22-13/h2-3,10-11,16H,4-9H2,1H3/t11-/m0/s1. The van der Waals surface area contributed by atoms with Crippen LogP contribution in [0.2, 0.25) is 0 Å². The largest absolute Gasteiger partial charge is 0.486 e. The zero-order chi connectivity index (χ0) is 17.2. The second-order valence-electron chi connectivity index (χ2n) is 5.59. The normalized spacial score (nSPS) is 19.0. The molecule has 1 aromatic carbocycles. The molecule has 1 aromatic rings. The lowest BCUT2D eigenvalue weighted by Crippen LogP contribution is -2.50. The number of amides is 1. The lowest BCUT2D eigenvalue weighted by Gasteiger charge is -2.29. The van der Waals surface area contributed by atoms with Crippen molar-refractivity contribution < 1.29 is 27.4 Å². The summed E-state index contributed by atoms with van der Waals surface area (Å²) in [6.45, 7) is 4.20. The molecule has 0 saturated carbocycles. The third kappa shape index (κ3) is 3.63. The number of ether oxygens (including phenoxy) is 3. The fraction of sp³-hybridized carbons (Fsp3) is 0.533. The summed E-state index contributed by atoms with van der Waals surface area (Å²) >= 11 is 0. The van der Waals surface area contributed by atoms with Gasteiger partial charge in [-0.2, -0.15) is 4.72 Å². The maximum atomic E-state index is 12.5. The summed E-state index contributed by atoms with van der Waals surface area (Å²) in [5.74, 6) is 0.633. The molecular weight excluding hydrogens is 336 g/mol. The first-order valence-electron chi connectivity index (χ1n) is 7.76. The van der Waals surface area contributed by atoms with Crippen LogP contribution < -0.4 is 14.2 Å². The predicted octanol–water partition coefficient (Wildman–Crippen LogP) is -0.0166. The highest BCUT2D eigenvalue weighted by Crippen LogP contribution is 2.32. The van der Waals surface area contributed by atoms with E-state index in [9.17, 15) is 13.2 Å². The van der Waals surface area contributed by atoms with E-state index in [1.165, 1.54) is 19.1 Å². The zero-order valence-corrected chi connectivity index (χ0v) is 14.2. The second-order valence-corrected chi connectivity index (χ2v) is 7.30. The summed E-state index contributed by atoms with van der Waals surface area (Å²) in [4.78, 5) is 14.0. The Morgan fingerprint density at radius 3 is 2.50 bits per heavy atom. The Balaban J connectivity index is 1.72. The Bertz CT molecular complexity index is 715. The summed E-state index contributed by atoms with van der Waals surface area (Å²) in [7, 11) is -3.84. The van der Waals surface area contributed by atoms with Crippen LogP contribution >= 0.6 is 0 Å². The molecule has 0 radical (unpaired) electrons. The van der Waals surface area contributed by atoms with Gasteiger partial charge in [0.05, 0.1) is 24.2 Å². The van der Waals surface area contributed by atoms with E-state index in [-0.39, 0.29) is 10.8 Å². The summed E-state index contributed by atoms with van der Waals surface area (Å²) < 4.78 is 43.4. The van der Waals surface area contributed by atoms with Gasteiger partial charge in [-0.1, -0.05) is 0 Å². The molecule has 2 aliphatic heterocycles. The Kier molecular flexibility index (Phi) is 4.93. The number of hydrogen-bond donors (Lipinski definition) is 1. The molecule has 1 atom stereocenters. The van der Waals surface area contributed by atoms with E-state index in [1.807, 2.05) is 0 Å². The van der Waals surface area contributed by atoms with Gasteiger partial charge in [0.25, 0.3) is 0 Å². The van der Waals surface area contributed by atoms with Crippen molar-refractivity contribution in [3.05, 3.63) is 18.2 Å². The summed E-state index contributed by atoms with van der Waals surface area (Å²) in [6, 6.07) is 3.53. The third-order valence-electron chi connectivity index (χ3n) is 3.85. The summed E-state index contributed by atoms with van der Waals surface area (Å²) in [5, 5.41) is 0. The lowest BCUT2D eigenvalue weighted by molar-refractivity contribution is -0.136. The number of benzene rings is 1. The molecule has 0 spiro atoms. The Hall–Kier alpha value is -1.84. The molecule has 24 heavy (non-hydrogen) atoms. The maximum absolute atomic E-state index is 12.5. The molecule has 9 heteroatoms. The van der Waals surface area contributed by atoms with Gasteiger partial charge < -0.3 is 19.1 Å². The molecule has 0 aromatic heterocycles. The summed E-state index contributed by atoms with van der Waals surface area (Å²) in [6.07, 6.45) is 0. The number of fused-ring (bicyclic) bond motifs is 1. The fourth-order valence-corrected chi connectivity index (χ4v) is 3.81. The third-order valence-corrected chi connectivity index (χ3v) is 5.39. The molecule has 0 aliphatic carbocycles. The van der Waals surface area contributed by atoms with Crippen molar-refractivity contribution in [3.8, 4) is 11.5 Å². The molecule has 1 fully saturated rings. The SMILES string of the molecule is C[C@H](NS(=O)(=O)c1ccc2c(c1)OCCO2)C(=O)N1CCOCC1. The van der Waals surface area contributed by atoms with Crippen molar-refractivity contribution in [1.29, 1.82) is 0 Å². The average Bonchev–Trinajstić information content (AvgIpc) is 2.61. The molecule has 2 heterocycles. The van der Waals surface area contributed by atoms with Crippen LogP contribution in [0.4, 0.5) is 0 Å². The van der Waals surface area contributed by atoms with Crippen molar-refractivity contribution in [2.24, 2.45) is 0 Å². The Morgan fingerprint density at radius 1 is 1.12 bits per heavy atom. The average molecular weight is 356 g/mol. The van der Waals surface area contributed by atoms with Crippen molar-refractivity contribution in [2.75, 3.05) is 39.5 Å². The van der Waals surface area contributed by atoms with Crippen LogP contribution in [0.3, 0.4) is 0 Å². The Morgan fingerprint density at radius 2 is 1.79 bits per heavy atom. The number of rotatable bonds is 4. The highest BCUT2D eigenvalue weighted by molar-refractivity contribution is 7.89. The van der Waals surface area contributed by atoms with E-state index >= 15 is 0 Å². The smallest absolute Gasteiger partial charge is 0.241 e. The van der Waals surface area contributed by atoms with Crippen LogP contribution in [0.5, 0.6) is 11.5 Å². The van der Waals surface area contributed by atoms with E-state index in [0.29, 0.717) is 51.0 Å². The molecule has 132 valence electrons. The van der Waals surface area contributed by atoms with Gasteiger partial charge in [-0.05, 0) is 19.1 Å². The topological polar surface area (TPSA) is 94.2 Å². The van der Waals surface area contributed by atoms with E-state index in [0.717, 1.165) is 0 Å². The highest BCUT2D eigenvalue weighted by Gasteiger charge is 2.27. The van der Waals surface area contributed by atoms with Gasteiger partial charge in [0, 0.05) is 19.2 Å². The van der Waals surface area contributed by atoms with E-state index in [2.05, 4.69) is 4.72 Å². The first-order chi connectivity index (χ1) is 11.5. The molecule has 1 saturated heterocycles. The molecule has 1 N–H and O–H groups in total. The molecule has 1 amide bonds.